The van der Waals surface area contributed by atoms with Crippen molar-refractivity contribution in [3.05, 3.63) is 53.5 Å². The van der Waals surface area contributed by atoms with Gasteiger partial charge in [-0.3, -0.25) is 4.55 Å². The van der Waals surface area contributed by atoms with Crippen LogP contribution in [0, 0.1) is 5.82 Å². The highest BCUT2D eigenvalue weighted by Gasteiger charge is 2.43. The number of hydrogen-bond donors (Lipinski definition) is 1. The Hall–Kier alpha value is -3.27. The molecule has 0 amide bonds. The third-order valence-corrected chi connectivity index (χ3v) is 10.1. The number of aromatic nitrogens is 2. The molecule has 7 rings (SSSR count). The minimum Gasteiger partial charge on any atom is -0.405 e. The number of thiazole rings is 1. The Labute approximate surface area is 247 Å². The lowest BCUT2D eigenvalue weighted by molar-refractivity contribution is -0.274. The summed E-state index contributed by atoms with van der Waals surface area (Å²) < 4.78 is 103. The number of anilines is 1. The fraction of sp³-hybridized carbons (Fsp3) is 0.429. The number of halogens is 4. The number of rotatable bonds is 8. The van der Waals surface area contributed by atoms with Gasteiger partial charge in [0.2, 0.25) is 0 Å². The molecule has 3 aliphatic rings. The summed E-state index contributed by atoms with van der Waals surface area (Å²) in [5, 5.41) is 4.72. The second-order valence-electron chi connectivity index (χ2n) is 11.1. The topological polar surface area (TPSA) is 115 Å². The average Bonchev–Trinajstić information content (AvgIpc) is 3.44. The monoisotopic (exact) mass is 639 g/mol. The van der Waals surface area contributed by atoms with Gasteiger partial charge < -0.3 is 18.9 Å². The van der Waals surface area contributed by atoms with Crippen molar-refractivity contribution in [2.45, 2.75) is 80.5 Å². The Balaban J connectivity index is 1.11. The van der Waals surface area contributed by atoms with Crippen LogP contribution in [0.3, 0.4) is 0 Å². The number of para-hydroxylation sites is 1. The Bertz CT molecular complexity index is 1790. The van der Waals surface area contributed by atoms with Crippen LogP contribution in [0.4, 0.5) is 22.7 Å². The molecular weight excluding hydrogens is 614 g/mol. The summed E-state index contributed by atoms with van der Waals surface area (Å²) in [6.45, 7) is 0.111. The molecule has 15 heteroatoms. The fourth-order valence-corrected chi connectivity index (χ4v) is 7.96. The average molecular weight is 640 g/mol. The van der Waals surface area contributed by atoms with Gasteiger partial charge in [0.15, 0.2) is 10.9 Å². The molecule has 2 bridgehead atoms. The third-order valence-electron chi connectivity index (χ3n) is 8.22. The van der Waals surface area contributed by atoms with Gasteiger partial charge in [0.05, 0.1) is 22.3 Å². The first-order chi connectivity index (χ1) is 20.4. The Morgan fingerprint density at radius 1 is 1.09 bits per heavy atom. The Morgan fingerprint density at radius 2 is 1.81 bits per heavy atom. The van der Waals surface area contributed by atoms with Gasteiger partial charge in [-0.1, -0.05) is 28.6 Å². The third kappa shape index (κ3) is 5.58. The SMILES string of the molecule is O=S(=O)(O)c1cc(F)c2nc(N3C4CCC3CC(OCc3c(-c5ccccc5OC(F)(F)F)noc3C3CC3)C4)sc2c1. The summed E-state index contributed by atoms with van der Waals surface area (Å²) in [7, 11) is -4.57. The van der Waals surface area contributed by atoms with Gasteiger partial charge in [0.1, 0.15) is 22.7 Å². The molecule has 0 spiro atoms. The first-order valence-electron chi connectivity index (χ1n) is 13.8. The zero-order chi connectivity index (χ0) is 30.1. The quantitative estimate of drug-likeness (QED) is 0.164. The minimum absolute atomic E-state index is 0.0487. The van der Waals surface area contributed by atoms with E-state index in [-0.39, 0.29) is 53.2 Å². The van der Waals surface area contributed by atoms with Crippen LogP contribution < -0.4 is 9.64 Å². The predicted octanol–water partition coefficient (Wildman–Crippen LogP) is 6.83. The van der Waals surface area contributed by atoms with Crippen molar-refractivity contribution in [3.8, 4) is 17.0 Å². The zero-order valence-corrected chi connectivity index (χ0v) is 24.0. The van der Waals surface area contributed by atoms with E-state index in [1.807, 2.05) is 0 Å². The van der Waals surface area contributed by atoms with Gasteiger partial charge in [0, 0.05) is 29.1 Å². The Morgan fingerprint density at radius 3 is 2.49 bits per heavy atom. The van der Waals surface area contributed by atoms with Gasteiger partial charge in [0.25, 0.3) is 10.1 Å². The van der Waals surface area contributed by atoms with Crippen LogP contribution in [0.15, 0.2) is 45.8 Å². The minimum atomic E-state index is -4.86. The zero-order valence-electron chi connectivity index (χ0n) is 22.4. The summed E-state index contributed by atoms with van der Waals surface area (Å²) in [6, 6.07) is 7.91. The summed E-state index contributed by atoms with van der Waals surface area (Å²) in [6.07, 6.45) is -0.172. The van der Waals surface area contributed by atoms with E-state index in [1.54, 1.807) is 6.07 Å². The van der Waals surface area contributed by atoms with Crippen molar-refractivity contribution in [1.82, 2.24) is 10.1 Å². The van der Waals surface area contributed by atoms with E-state index in [4.69, 9.17) is 9.26 Å². The van der Waals surface area contributed by atoms with Crippen molar-refractivity contribution >= 4 is 36.8 Å². The molecule has 1 aliphatic carbocycles. The molecule has 2 unspecified atom stereocenters. The van der Waals surface area contributed by atoms with Gasteiger partial charge in [-0.05, 0) is 62.8 Å². The van der Waals surface area contributed by atoms with Crippen molar-refractivity contribution in [2.75, 3.05) is 4.90 Å². The van der Waals surface area contributed by atoms with Crippen LogP contribution in [-0.4, -0.2) is 47.7 Å². The van der Waals surface area contributed by atoms with Gasteiger partial charge >= 0.3 is 6.36 Å². The van der Waals surface area contributed by atoms with E-state index in [0.29, 0.717) is 34.0 Å². The molecule has 228 valence electrons. The maximum absolute atomic E-state index is 14.7. The van der Waals surface area contributed by atoms with Crippen LogP contribution >= 0.6 is 11.3 Å². The molecule has 3 fully saturated rings. The maximum Gasteiger partial charge on any atom is 0.573 e. The van der Waals surface area contributed by atoms with Gasteiger partial charge in [-0.25, -0.2) is 9.37 Å². The summed E-state index contributed by atoms with van der Waals surface area (Å²) in [5.41, 5.74) is 1.10. The van der Waals surface area contributed by atoms with E-state index in [2.05, 4.69) is 19.8 Å². The fourth-order valence-electron chi connectivity index (χ4n) is 6.20. The van der Waals surface area contributed by atoms with E-state index in [9.17, 15) is 30.5 Å². The molecule has 0 radical (unpaired) electrons. The molecular formula is C28H25F4N3O6S2. The molecule has 1 N–H and O–H groups in total. The maximum atomic E-state index is 14.7. The van der Waals surface area contributed by atoms with E-state index in [1.165, 1.54) is 35.6 Å². The lowest BCUT2D eigenvalue weighted by Crippen LogP contribution is -2.45. The van der Waals surface area contributed by atoms with Crippen molar-refractivity contribution < 1.29 is 44.5 Å². The summed E-state index contributed by atoms with van der Waals surface area (Å²) >= 11 is 1.17. The molecule has 1 saturated carbocycles. The van der Waals surface area contributed by atoms with E-state index in [0.717, 1.165) is 31.7 Å². The number of hydrogen-bond acceptors (Lipinski definition) is 9. The van der Waals surface area contributed by atoms with Crippen LogP contribution in [0.5, 0.6) is 5.75 Å². The second kappa shape index (κ2) is 10.4. The van der Waals surface area contributed by atoms with Crippen LogP contribution in [0.25, 0.3) is 21.5 Å². The van der Waals surface area contributed by atoms with E-state index < -0.39 is 27.2 Å². The molecule has 43 heavy (non-hydrogen) atoms. The number of fused-ring (bicyclic) bond motifs is 3. The van der Waals surface area contributed by atoms with Crippen LogP contribution in [-0.2, 0) is 21.5 Å². The largest absolute Gasteiger partial charge is 0.573 e. The van der Waals surface area contributed by atoms with E-state index >= 15 is 0 Å². The number of alkyl halides is 3. The summed E-state index contributed by atoms with van der Waals surface area (Å²) in [4.78, 5) is 6.09. The first-order valence-corrected chi connectivity index (χ1v) is 16.0. The number of ether oxygens (including phenoxy) is 2. The van der Waals surface area contributed by atoms with Crippen LogP contribution in [0.1, 0.15) is 55.8 Å². The summed E-state index contributed by atoms with van der Waals surface area (Å²) in [5.74, 6) is -0.419. The highest BCUT2D eigenvalue weighted by molar-refractivity contribution is 7.85. The van der Waals surface area contributed by atoms with Gasteiger partial charge in [-0.2, -0.15) is 8.42 Å². The highest BCUT2D eigenvalue weighted by atomic mass is 32.2. The van der Waals surface area contributed by atoms with Crippen molar-refractivity contribution in [2.24, 2.45) is 0 Å². The lowest BCUT2D eigenvalue weighted by Gasteiger charge is -2.38. The normalized spacial score (nSPS) is 22.4. The standard InChI is InChI=1S/C28H25F4N3O6S2/c29-21-11-18(43(36,37)38)12-23-25(21)33-27(42-23)35-15-7-8-16(35)10-17(9-15)39-13-20-24(34-41-26(20)14-5-6-14)19-3-1-2-4-22(19)40-28(30,31)32/h1-4,11-12,14-17H,5-10,13H2,(H,36,37,38). The Kier molecular flexibility index (Phi) is 6.91. The number of piperidine rings is 1. The molecule has 4 heterocycles. The van der Waals surface area contributed by atoms with Crippen molar-refractivity contribution in [3.63, 3.8) is 0 Å². The predicted molar refractivity (Wildman–Crippen MR) is 147 cm³/mol. The molecule has 9 nitrogen and oxygen atoms in total. The molecule has 4 aromatic rings. The first kappa shape index (κ1) is 28.5. The molecule has 2 saturated heterocycles. The van der Waals surface area contributed by atoms with Gasteiger partial charge in [-0.15, -0.1) is 13.2 Å². The second-order valence-corrected chi connectivity index (χ2v) is 13.5. The lowest BCUT2D eigenvalue weighted by atomic mass is 10.00. The highest BCUT2D eigenvalue weighted by Crippen LogP contribution is 2.47. The van der Waals surface area contributed by atoms with Crippen LogP contribution in [0.2, 0.25) is 0 Å². The molecule has 2 aromatic carbocycles. The molecule has 2 aliphatic heterocycles. The molecule has 2 aromatic heterocycles. The number of nitrogens with zero attached hydrogens (tertiary/aromatic N) is 3. The van der Waals surface area contributed by atoms with Crippen molar-refractivity contribution in [1.29, 1.82) is 0 Å². The number of benzene rings is 2. The molecule has 2 atom stereocenters. The smallest absolute Gasteiger partial charge is 0.405 e.